The highest BCUT2D eigenvalue weighted by molar-refractivity contribution is 5.73. The van der Waals surface area contributed by atoms with E-state index < -0.39 is 5.91 Å². The number of nitrogens with two attached hydrogens (primary N) is 1. The molecular weight excluding hydrogens is 280 g/mol. The monoisotopic (exact) mass is 300 g/mol. The minimum atomic E-state index is -0.393. The molecule has 6 heteroatoms. The Morgan fingerprint density at radius 3 is 2.86 bits per heavy atom. The number of aromatic nitrogens is 2. The number of hydrogen-bond donors (Lipinski definition) is 1. The number of carbonyl (C=O) groups excluding carboxylic acids is 1. The van der Waals surface area contributed by atoms with Gasteiger partial charge in [-0.3, -0.25) is 14.4 Å². The van der Waals surface area contributed by atoms with Crippen molar-refractivity contribution < 1.29 is 9.53 Å². The summed E-state index contributed by atoms with van der Waals surface area (Å²) in [4.78, 5) is 13.3. The van der Waals surface area contributed by atoms with Crippen molar-refractivity contribution >= 4 is 5.91 Å². The normalized spacial score (nSPS) is 15.8. The summed E-state index contributed by atoms with van der Waals surface area (Å²) in [7, 11) is 0. The number of amides is 1. The third kappa shape index (κ3) is 3.72. The van der Waals surface area contributed by atoms with Gasteiger partial charge in [-0.15, -0.1) is 0 Å². The lowest BCUT2D eigenvalue weighted by Crippen LogP contribution is -2.35. The van der Waals surface area contributed by atoms with E-state index in [2.05, 4.69) is 34.3 Å². The number of ether oxygens (including phenoxy) is 1. The lowest BCUT2D eigenvalue weighted by molar-refractivity contribution is -0.118. The van der Waals surface area contributed by atoms with E-state index in [1.807, 2.05) is 6.20 Å². The Balaban J connectivity index is 1.72. The Morgan fingerprint density at radius 1 is 1.27 bits per heavy atom. The van der Waals surface area contributed by atoms with E-state index in [4.69, 9.17) is 10.5 Å². The fraction of sp³-hybridized carbons (Fsp3) is 0.375. The van der Waals surface area contributed by atoms with Crippen LogP contribution in [-0.2, 0) is 22.6 Å². The molecule has 0 saturated carbocycles. The zero-order valence-electron chi connectivity index (χ0n) is 12.4. The van der Waals surface area contributed by atoms with Crippen molar-refractivity contribution in [1.29, 1.82) is 0 Å². The van der Waals surface area contributed by atoms with Crippen LogP contribution >= 0.6 is 0 Å². The van der Waals surface area contributed by atoms with Crippen LogP contribution < -0.4 is 5.73 Å². The van der Waals surface area contributed by atoms with Crippen LogP contribution in [0.5, 0.6) is 0 Å². The van der Waals surface area contributed by atoms with Gasteiger partial charge < -0.3 is 10.5 Å². The van der Waals surface area contributed by atoms with Gasteiger partial charge >= 0.3 is 0 Å². The second-order valence-electron chi connectivity index (χ2n) is 5.48. The number of benzene rings is 1. The zero-order chi connectivity index (χ0) is 15.4. The quantitative estimate of drug-likeness (QED) is 0.889. The second-order valence-corrected chi connectivity index (χ2v) is 5.48. The molecule has 2 aromatic rings. The van der Waals surface area contributed by atoms with Gasteiger partial charge in [0.15, 0.2) is 0 Å². The van der Waals surface area contributed by atoms with Crippen molar-refractivity contribution in [1.82, 2.24) is 14.7 Å². The van der Waals surface area contributed by atoms with Crippen LogP contribution in [0.1, 0.15) is 5.56 Å². The maximum absolute atomic E-state index is 10.9. The first kappa shape index (κ1) is 14.7. The molecule has 1 aromatic heterocycles. The van der Waals surface area contributed by atoms with Crippen LogP contribution in [0.2, 0.25) is 0 Å². The molecule has 0 atom stereocenters. The molecule has 1 saturated heterocycles. The molecule has 1 aliphatic rings. The van der Waals surface area contributed by atoms with Crippen molar-refractivity contribution in [3.8, 4) is 11.1 Å². The summed E-state index contributed by atoms with van der Waals surface area (Å²) in [5.41, 5.74) is 8.54. The van der Waals surface area contributed by atoms with E-state index in [0.29, 0.717) is 0 Å². The fourth-order valence-electron chi connectivity index (χ4n) is 2.63. The van der Waals surface area contributed by atoms with Crippen LogP contribution in [0.15, 0.2) is 36.7 Å². The molecule has 22 heavy (non-hydrogen) atoms. The van der Waals surface area contributed by atoms with E-state index in [1.165, 1.54) is 5.56 Å². The first-order chi connectivity index (χ1) is 10.7. The summed E-state index contributed by atoms with van der Waals surface area (Å²) in [6.45, 7) is 4.58. The first-order valence-electron chi connectivity index (χ1n) is 7.41. The highest BCUT2D eigenvalue weighted by atomic mass is 16.5. The predicted molar refractivity (Wildman–Crippen MR) is 83.0 cm³/mol. The second kappa shape index (κ2) is 6.72. The lowest BCUT2D eigenvalue weighted by Gasteiger charge is -2.26. The molecular formula is C16H20N4O2. The molecule has 0 radical (unpaired) electrons. The largest absolute Gasteiger partial charge is 0.379 e. The molecule has 0 unspecified atom stereocenters. The summed E-state index contributed by atoms with van der Waals surface area (Å²) in [6, 6.07) is 8.40. The van der Waals surface area contributed by atoms with Crippen molar-refractivity contribution in [2.24, 2.45) is 5.73 Å². The van der Waals surface area contributed by atoms with Gasteiger partial charge in [0, 0.05) is 31.4 Å². The molecule has 1 amide bonds. The van der Waals surface area contributed by atoms with Gasteiger partial charge in [0.1, 0.15) is 6.54 Å². The molecule has 0 aliphatic carbocycles. The highest BCUT2D eigenvalue weighted by Crippen LogP contribution is 2.20. The van der Waals surface area contributed by atoms with Gasteiger partial charge in [-0.25, -0.2) is 0 Å². The minimum absolute atomic E-state index is 0.105. The standard InChI is InChI=1S/C16H20N4O2/c17-16(21)12-20-11-15(9-18-20)14-3-1-2-13(8-14)10-19-4-6-22-7-5-19/h1-3,8-9,11H,4-7,10,12H2,(H2,17,21). The SMILES string of the molecule is NC(=O)Cn1cc(-c2cccc(CN3CCOCC3)c2)cn1. The average Bonchev–Trinajstić information content (AvgIpc) is 2.96. The third-order valence-corrected chi connectivity index (χ3v) is 3.72. The molecule has 0 spiro atoms. The van der Waals surface area contributed by atoms with Crippen LogP contribution in [0.25, 0.3) is 11.1 Å². The van der Waals surface area contributed by atoms with Crippen LogP contribution in [0.3, 0.4) is 0 Å². The van der Waals surface area contributed by atoms with E-state index >= 15 is 0 Å². The van der Waals surface area contributed by atoms with Gasteiger partial charge in [-0.1, -0.05) is 18.2 Å². The Morgan fingerprint density at radius 2 is 2.09 bits per heavy atom. The van der Waals surface area contributed by atoms with Crippen LogP contribution in [-0.4, -0.2) is 46.9 Å². The molecule has 3 rings (SSSR count). The molecule has 1 aliphatic heterocycles. The predicted octanol–water partition coefficient (Wildman–Crippen LogP) is 0.868. The summed E-state index contributed by atoms with van der Waals surface area (Å²) in [5, 5.41) is 4.17. The Bertz CT molecular complexity index is 647. The maximum atomic E-state index is 10.9. The third-order valence-electron chi connectivity index (χ3n) is 3.72. The highest BCUT2D eigenvalue weighted by Gasteiger charge is 2.11. The number of primary amides is 1. The van der Waals surface area contributed by atoms with Gasteiger partial charge in [0.25, 0.3) is 0 Å². The molecule has 6 nitrogen and oxygen atoms in total. The maximum Gasteiger partial charge on any atom is 0.239 e. The van der Waals surface area contributed by atoms with Crippen molar-refractivity contribution in [3.05, 3.63) is 42.2 Å². The average molecular weight is 300 g/mol. The number of hydrogen-bond acceptors (Lipinski definition) is 4. The minimum Gasteiger partial charge on any atom is -0.379 e. The summed E-state index contributed by atoms with van der Waals surface area (Å²) >= 11 is 0. The van der Waals surface area contributed by atoms with Gasteiger partial charge in [-0.05, 0) is 17.2 Å². The van der Waals surface area contributed by atoms with Crippen LogP contribution in [0, 0.1) is 0 Å². The van der Waals surface area contributed by atoms with Crippen LogP contribution in [0.4, 0.5) is 0 Å². The number of morpholine rings is 1. The summed E-state index contributed by atoms with van der Waals surface area (Å²) in [6.07, 6.45) is 3.61. The molecule has 1 fully saturated rings. The van der Waals surface area contributed by atoms with E-state index in [1.54, 1.807) is 10.9 Å². The number of nitrogens with zero attached hydrogens (tertiary/aromatic N) is 3. The van der Waals surface area contributed by atoms with Gasteiger partial charge in [0.05, 0.1) is 19.4 Å². The zero-order valence-corrected chi connectivity index (χ0v) is 12.4. The van der Waals surface area contributed by atoms with E-state index in [-0.39, 0.29) is 6.54 Å². The molecule has 1 aromatic carbocycles. The van der Waals surface area contributed by atoms with Gasteiger partial charge in [0.2, 0.25) is 5.91 Å². The van der Waals surface area contributed by atoms with Crippen molar-refractivity contribution in [2.75, 3.05) is 26.3 Å². The first-order valence-corrected chi connectivity index (χ1v) is 7.41. The molecule has 0 bridgehead atoms. The topological polar surface area (TPSA) is 73.4 Å². The van der Waals surface area contributed by atoms with Crippen molar-refractivity contribution in [3.63, 3.8) is 0 Å². The molecule has 2 N–H and O–H groups in total. The Labute approximate surface area is 129 Å². The van der Waals surface area contributed by atoms with E-state index in [0.717, 1.165) is 44.0 Å². The van der Waals surface area contributed by atoms with E-state index in [9.17, 15) is 4.79 Å². The summed E-state index contributed by atoms with van der Waals surface area (Å²) in [5.74, 6) is -0.393. The fourth-order valence-corrected chi connectivity index (χ4v) is 2.63. The lowest BCUT2D eigenvalue weighted by atomic mass is 10.1. The smallest absolute Gasteiger partial charge is 0.239 e. The summed E-state index contributed by atoms with van der Waals surface area (Å²) < 4.78 is 6.94. The molecule has 116 valence electrons. The number of carbonyl (C=O) groups is 1. The van der Waals surface area contributed by atoms with Gasteiger partial charge in [-0.2, -0.15) is 5.10 Å². The van der Waals surface area contributed by atoms with Crippen molar-refractivity contribution in [2.45, 2.75) is 13.1 Å². The molecule has 2 heterocycles. The Kier molecular flexibility index (Phi) is 4.50. The number of rotatable bonds is 5. The Hall–Kier alpha value is -2.18.